The minimum atomic E-state index is -0.304. The van der Waals surface area contributed by atoms with E-state index in [1.54, 1.807) is 0 Å². The van der Waals surface area contributed by atoms with Gasteiger partial charge in [0, 0.05) is 5.92 Å². The lowest BCUT2D eigenvalue weighted by molar-refractivity contribution is 0.123. The van der Waals surface area contributed by atoms with E-state index in [2.05, 4.69) is 9.97 Å². The lowest BCUT2D eigenvalue weighted by Crippen LogP contribution is -2.23. The highest BCUT2D eigenvalue weighted by atomic mass is 16.5. The molecule has 82 valence electrons. The van der Waals surface area contributed by atoms with Crippen LogP contribution in [0.1, 0.15) is 45.4 Å². The Kier molecular flexibility index (Phi) is 2.29. The van der Waals surface area contributed by atoms with Gasteiger partial charge < -0.3 is 9.84 Å². The van der Waals surface area contributed by atoms with Crippen molar-refractivity contribution in [1.29, 1.82) is 0 Å². The molecule has 0 aliphatic heterocycles. The first-order chi connectivity index (χ1) is 6.94. The fourth-order valence-corrected chi connectivity index (χ4v) is 1.32. The first kappa shape index (κ1) is 10.2. The molecule has 1 N–H and O–H groups in total. The first-order valence-corrected chi connectivity index (χ1v) is 5.21. The number of ether oxygens (including phenoxy) is 1. The van der Waals surface area contributed by atoms with Crippen LogP contribution < -0.4 is 4.74 Å². The van der Waals surface area contributed by atoms with E-state index >= 15 is 0 Å². The van der Waals surface area contributed by atoms with Crippen LogP contribution in [0.3, 0.4) is 0 Å². The van der Waals surface area contributed by atoms with Gasteiger partial charge in [0.15, 0.2) is 0 Å². The second kappa shape index (κ2) is 3.36. The fourth-order valence-electron chi connectivity index (χ4n) is 1.32. The monoisotopic (exact) mass is 208 g/mol. The summed E-state index contributed by atoms with van der Waals surface area (Å²) in [5, 5.41) is 9.44. The highest BCUT2D eigenvalue weighted by Crippen LogP contribution is 2.39. The van der Waals surface area contributed by atoms with Crippen molar-refractivity contribution in [3.05, 3.63) is 11.9 Å². The molecule has 0 bridgehead atoms. The van der Waals surface area contributed by atoms with Crippen molar-refractivity contribution < 1.29 is 9.84 Å². The van der Waals surface area contributed by atoms with Crippen LogP contribution in [0.4, 0.5) is 0 Å². The van der Waals surface area contributed by atoms with Gasteiger partial charge in [-0.3, -0.25) is 0 Å². The van der Waals surface area contributed by atoms with Gasteiger partial charge in [0.1, 0.15) is 11.4 Å². The van der Waals surface area contributed by atoms with E-state index in [1.165, 1.54) is 6.07 Å². The summed E-state index contributed by atoms with van der Waals surface area (Å²) < 4.78 is 5.59. The van der Waals surface area contributed by atoms with Gasteiger partial charge in [0.05, 0.1) is 6.07 Å². The lowest BCUT2D eigenvalue weighted by Gasteiger charge is -2.20. The molecule has 2 rings (SSSR count). The molecule has 1 fully saturated rings. The van der Waals surface area contributed by atoms with E-state index < -0.39 is 0 Å². The zero-order valence-electron chi connectivity index (χ0n) is 9.32. The summed E-state index contributed by atoms with van der Waals surface area (Å²) in [6, 6.07) is 1.46. The van der Waals surface area contributed by atoms with Crippen molar-refractivity contribution in [2.24, 2.45) is 0 Å². The molecule has 0 atom stereocenters. The number of rotatable bonds is 2. The molecule has 1 aliphatic rings. The Hall–Kier alpha value is -1.32. The van der Waals surface area contributed by atoms with Crippen LogP contribution in [0.15, 0.2) is 6.07 Å². The molecule has 15 heavy (non-hydrogen) atoms. The summed E-state index contributed by atoms with van der Waals surface area (Å²) in [4.78, 5) is 8.28. The minimum Gasteiger partial charge on any atom is -0.493 e. The molecule has 0 radical (unpaired) electrons. The minimum absolute atomic E-state index is 0.00819. The van der Waals surface area contributed by atoms with Gasteiger partial charge in [0.25, 0.3) is 0 Å². The predicted molar refractivity (Wildman–Crippen MR) is 56.1 cm³/mol. The fraction of sp³-hybridized carbons (Fsp3) is 0.636. The SMILES string of the molecule is CC(C)(C)Oc1cc(O)nc(C2CC2)n1. The summed E-state index contributed by atoms with van der Waals surface area (Å²) >= 11 is 0. The van der Waals surface area contributed by atoms with Crippen molar-refractivity contribution in [2.75, 3.05) is 0 Å². The zero-order valence-corrected chi connectivity index (χ0v) is 9.32. The molecule has 4 heteroatoms. The molecule has 4 nitrogen and oxygen atoms in total. The molecule has 0 saturated heterocycles. The van der Waals surface area contributed by atoms with E-state index in [0.717, 1.165) is 12.8 Å². The molecule has 0 aromatic carbocycles. The molecule has 1 saturated carbocycles. The summed E-state index contributed by atoms with van der Waals surface area (Å²) in [5.41, 5.74) is -0.304. The molecule has 0 unspecified atom stereocenters. The Morgan fingerprint density at radius 1 is 1.33 bits per heavy atom. The average Bonchev–Trinajstić information content (AvgIpc) is 2.80. The lowest BCUT2D eigenvalue weighted by atomic mass is 10.2. The van der Waals surface area contributed by atoms with Crippen LogP contribution in [0, 0.1) is 0 Å². The molecule has 1 aromatic heterocycles. The molecule has 1 aliphatic carbocycles. The summed E-state index contributed by atoms with van der Waals surface area (Å²) in [5.74, 6) is 1.57. The van der Waals surface area contributed by atoms with Gasteiger partial charge in [0.2, 0.25) is 11.8 Å². The van der Waals surface area contributed by atoms with Gasteiger partial charge in [-0.25, -0.2) is 0 Å². The van der Waals surface area contributed by atoms with E-state index in [1.807, 2.05) is 20.8 Å². The molecule has 1 heterocycles. The van der Waals surface area contributed by atoms with Crippen molar-refractivity contribution in [1.82, 2.24) is 9.97 Å². The van der Waals surface area contributed by atoms with Crippen molar-refractivity contribution in [3.8, 4) is 11.8 Å². The molecule has 0 amide bonds. The van der Waals surface area contributed by atoms with Crippen LogP contribution in [0.25, 0.3) is 0 Å². The zero-order chi connectivity index (χ0) is 11.1. The Morgan fingerprint density at radius 3 is 2.53 bits per heavy atom. The average molecular weight is 208 g/mol. The molecular weight excluding hydrogens is 192 g/mol. The maximum absolute atomic E-state index is 9.44. The number of hydrogen-bond acceptors (Lipinski definition) is 4. The van der Waals surface area contributed by atoms with E-state index in [4.69, 9.17) is 4.74 Å². The summed E-state index contributed by atoms with van der Waals surface area (Å²) in [6.07, 6.45) is 2.22. The van der Waals surface area contributed by atoms with Crippen molar-refractivity contribution in [2.45, 2.75) is 45.1 Å². The Balaban J connectivity index is 2.23. The van der Waals surface area contributed by atoms with Gasteiger partial charge in [-0.15, -0.1) is 0 Å². The maximum atomic E-state index is 9.44. The predicted octanol–water partition coefficient (Wildman–Crippen LogP) is 2.24. The van der Waals surface area contributed by atoms with Gasteiger partial charge in [-0.05, 0) is 33.6 Å². The topological polar surface area (TPSA) is 55.2 Å². The third-order valence-corrected chi connectivity index (χ3v) is 2.06. The third-order valence-electron chi connectivity index (χ3n) is 2.06. The second-order valence-corrected chi connectivity index (χ2v) is 4.91. The normalized spacial score (nSPS) is 16.5. The molecule has 1 aromatic rings. The second-order valence-electron chi connectivity index (χ2n) is 4.91. The standard InChI is InChI=1S/C11H16N2O2/c1-11(2,3)15-9-6-8(14)12-10(13-9)7-4-5-7/h6-7H,4-5H2,1-3H3,(H,12,13,14). The largest absolute Gasteiger partial charge is 0.493 e. The van der Waals surface area contributed by atoms with Crippen molar-refractivity contribution >= 4 is 0 Å². The van der Waals surface area contributed by atoms with E-state index in [9.17, 15) is 5.11 Å². The van der Waals surface area contributed by atoms with Gasteiger partial charge >= 0.3 is 0 Å². The number of hydrogen-bond donors (Lipinski definition) is 1. The first-order valence-electron chi connectivity index (χ1n) is 5.21. The van der Waals surface area contributed by atoms with Crippen LogP contribution >= 0.6 is 0 Å². The number of aromatic nitrogens is 2. The highest BCUT2D eigenvalue weighted by Gasteiger charge is 2.28. The smallest absolute Gasteiger partial charge is 0.221 e. The van der Waals surface area contributed by atoms with Gasteiger partial charge in [-0.2, -0.15) is 9.97 Å². The maximum Gasteiger partial charge on any atom is 0.221 e. The van der Waals surface area contributed by atoms with Crippen LogP contribution in [-0.4, -0.2) is 20.7 Å². The number of aromatic hydroxyl groups is 1. The van der Waals surface area contributed by atoms with Crippen LogP contribution in [0.2, 0.25) is 0 Å². The van der Waals surface area contributed by atoms with E-state index in [-0.39, 0.29) is 11.5 Å². The Morgan fingerprint density at radius 2 is 2.00 bits per heavy atom. The number of nitrogens with zero attached hydrogens (tertiary/aromatic N) is 2. The molecule has 0 spiro atoms. The summed E-state index contributed by atoms with van der Waals surface area (Å²) in [7, 11) is 0. The quantitative estimate of drug-likeness (QED) is 0.809. The third kappa shape index (κ3) is 2.81. The van der Waals surface area contributed by atoms with Gasteiger partial charge in [-0.1, -0.05) is 0 Å². The summed E-state index contributed by atoms with van der Waals surface area (Å²) in [6.45, 7) is 5.84. The van der Waals surface area contributed by atoms with E-state index in [0.29, 0.717) is 17.6 Å². The van der Waals surface area contributed by atoms with Crippen molar-refractivity contribution in [3.63, 3.8) is 0 Å². The van der Waals surface area contributed by atoms with Crippen LogP contribution in [0.5, 0.6) is 11.8 Å². The Bertz CT molecular complexity index is 367. The molecular formula is C11H16N2O2. The van der Waals surface area contributed by atoms with Crippen LogP contribution in [-0.2, 0) is 0 Å². The Labute approximate surface area is 89.3 Å². The highest BCUT2D eigenvalue weighted by molar-refractivity contribution is 5.23.